The Labute approximate surface area is 129 Å². The van der Waals surface area contributed by atoms with E-state index in [1.54, 1.807) is 6.07 Å². The van der Waals surface area contributed by atoms with Crippen LogP contribution in [-0.2, 0) is 15.0 Å². The molecule has 1 saturated carbocycles. The first kappa shape index (κ1) is 16.5. The molecule has 1 aliphatic carbocycles. The third kappa shape index (κ3) is 3.84. The zero-order valence-electron chi connectivity index (χ0n) is 12.6. The molecule has 5 heteroatoms. The summed E-state index contributed by atoms with van der Waals surface area (Å²) in [4.78, 5) is 22.9. The third-order valence-corrected chi connectivity index (χ3v) is 4.37. The van der Waals surface area contributed by atoms with Crippen LogP contribution in [0.5, 0.6) is 0 Å². The Morgan fingerprint density at radius 1 is 1.23 bits per heavy atom. The largest absolute Gasteiger partial charge is 0.481 e. The molecule has 2 N–H and O–H groups in total. The molecule has 0 atom stereocenters. The van der Waals surface area contributed by atoms with Gasteiger partial charge in [-0.2, -0.15) is 0 Å². The van der Waals surface area contributed by atoms with Crippen LogP contribution in [0.25, 0.3) is 0 Å². The number of rotatable bonds is 8. The molecule has 0 radical (unpaired) electrons. The van der Waals surface area contributed by atoms with Crippen molar-refractivity contribution in [3.63, 3.8) is 0 Å². The van der Waals surface area contributed by atoms with Crippen LogP contribution in [0.2, 0.25) is 0 Å². The van der Waals surface area contributed by atoms with Gasteiger partial charge in [0, 0.05) is 13.0 Å². The third-order valence-electron chi connectivity index (χ3n) is 4.37. The molecule has 2 rings (SSSR count). The molecule has 0 heterocycles. The van der Waals surface area contributed by atoms with Gasteiger partial charge in [-0.3, -0.25) is 9.59 Å². The van der Waals surface area contributed by atoms with E-state index in [-0.39, 0.29) is 18.1 Å². The fourth-order valence-electron chi connectivity index (χ4n) is 2.91. The van der Waals surface area contributed by atoms with E-state index < -0.39 is 11.4 Å². The molecule has 1 fully saturated rings. The normalized spacial score (nSPS) is 15.9. The molecule has 0 spiro atoms. The topological polar surface area (TPSA) is 66.4 Å². The summed E-state index contributed by atoms with van der Waals surface area (Å²) in [7, 11) is 0. The van der Waals surface area contributed by atoms with E-state index in [2.05, 4.69) is 5.32 Å². The quantitative estimate of drug-likeness (QED) is 0.726. The number of carbonyl (C=O) groups is 2. The number of carbonyl (C=O) groups excluding carboxylic acids is 1. The average molecular weight is 307 g/mol. The first-order valence-corrected chi connectivity index (χ1v) is 7.81. The van der Waals surface area contributed by atoms with Gasteiger partial charge in [0.1, 0.15) is 5.82 Å². The predicted octanol–water partition coefficient (Wildman–Crippen LogP) is 3.01. The highest BCUT2D eigenvalue weighted by atomic mass is 19.1. The van der Waals surface area contributed by atoms with Crippen molar-refractivity contribution < 1.29 is 19.1 Å². The molecule has 120 valence electrons. The number of unbranched alkanes of at least 4 members (excludes halogenated alkanes) is 2. The molecular formula is C17H22FNO3. The van der Waals surface area contributed by atoms with Crippen molar-refractivity contribution in [2.75, 3.05) is 6.54 Å². The van der Waals surface area contributed by atoms with E-state index >= 15 is 0 Å². The van der Waals surface area contributed by atoms with Crippen LogP contribution in [0.15, 0.2) is 24.3 Å². The predicted molar refractivity (Wildman–Crippen MR) is 81.0 cm³/mol. The van der Waals surface area contributed by atoms with Crippen LogP contribution < -0.4 is 5.32 Å². The Balaban J connectivity index is 1.83. The number of nitrogens with one attached hydrogen (secondary N) is 1. The molecule has 0 aliphatic heterocycles. The highest BCUT2D eigenvalue weighted by molar-refractivity contribution is 5.89. The standard InChI is InChI=1S/C17H22FNO3/c18-14-7-4-6-13(12-14)17(9-5-10-17)16(22)19-11-3-1-2-8-15(20)21/h4,6-7,12H,1-3,5,8-11H2,(H,19,22)(H,20,21). The maximum absolute atomic E-state index is 13.4. The first-order chi connectivity index (χ1) is 10.5. The van der Waals surface area contributed by atoms with Gasteiger partial charge < -0.3 is 10.4 Å². The minimum Gasteiger partial charge on any atom is -0.481 e. The van der Waals surface area contributed by atoms with Gasteiger partial charge in [-0.15, -0.1) is 0 Å². The molecule has 0 aromatic heterocycles. The molecule has 1 aromatic rings. The fourth-order valence-corrected chi connectivity index (χ4v) is 2.91. The summed E-state index contributed by atoms with van der Waals surface area (Å²) >= 11 is 0. The monoisotopic (exact) mass is 307 g/mol. The molecule has 4 nitrogen and oxygen atoms in total. The zero-order chi connectivity index (χ0) is 16.0. The lowest BCUT2D eigenvalue weighted by Gasteiger charge is -2.40. The summed E-state index contributed by atoms with van der Waals surface area (Å²) in [5, 5.41) is 11.5. The number of amides is 1. The van der Waals surface area contributed by atoms with E-state index in [9.17, 15) is 14.0 Å². The number of halogens is 1. The maximum atomic E-state index is 13.4. The maximum Gasteiger partial charge on any atom is 0.303 e. The SMILES string of the molecule is O=C(O)CCCCCNC(=O)C1(c2cccc(F)c2)CCC1. The van der Waals surface area contributed by atoms with E-state index in [0.29, 0.717) is 13.0 Å². The van der Waals surface area contributed by atoms with Gasteiger partial charge in [0.05, 0.1) is 5.41 Å². The summed E-state index contributed by atoms with van der Waals surface area (Å²) in [5.74, 6) is -1.14. The fraction of sp³-hybridized carbons (Fsp3) is 0.529. The number of carboxylic acids is 1. The van der Waals surface area contributed by atoms with Gasteiger partial charge in [0.25, 0.3) is 0 Å². The average Bonchev–Trinajstić information content (AvgIpc) is 2.41. The summed E-state index contributed by atoms with van der Waals surface area (Å²) in [6, 6.07) is 6.29. The van der Waals surface area contributed by atoms with Gasteiger partial charge in [0.2, 0.25) is 5.91 Å². The lowest BCUT2D eigenvalue weighted by molar-refractivity contribution is -0.137. The number of hydrogen-bond donors (Lipinski definition) is 2. The van der Waals surface area contributed by atoms with Gasteiger partial charge in [-0.25, -0.2) is 4.39 Å². The van der Waals surface area contributed by atoms with Crippen molar-refractivity contribution >= 4 is 11.9 Å². The van der Waals surface area contributed by atoms with E-state index in [1.165, 1.54) is 12.1 Å². The first-order valence-electron chi connectivity index (χ1n) is 7.81. The molecule has 0 bridgehead atoms. The Hall–Kier alpha value is -1.91. The number of benzene rings is 1. The van der Waals surface area contributed by atoms with Crippen molar-refractivity contribution in [2.24, 2.45) is 0 Å². The van der Waals surface area contributed by atoms with Gasteiger partial charge in [0.15, 0.2) is 0 Å². The number of carboxylic acid groups (broad SMARTS) is 1. The van der Waals surface area contributed by atoms with Crippen molar-refractivity contribution in [3.05, 3.63) is 35.6 Å². The van der Waals surface area contributed by atoms with Crippen molar-refractivity contribution in [1.29, 1.82) is 0 Å². The molecule has 1 amide bonds. The molecule has 0 saturated heterocycles. The van der Waals surface area contributed by atoms with Crippen LogP contribution in [0.1, 0.15) is 50.5 Å². The Morgan fingerprint density at radius 3 is 2.59 bits per heavy atom. The lowest BCUT2D eigenvalue weighted by atomic mass is 9.64. The van der Waals surface area contributed by atoms with E-state index in [1.807, 2.05) is 6.07 Å². The summed E-state index contributed by atoms with van der Waals surface area (Å²) in [6.07, 6.45) is 4.81. The Kier molecular flexibility index (Phi) is 5.52. The molecular weight excluding hydrogens is 285 g/mol. The molecule has 1 aliphatic rings. The Morgan fingerprint density at radius 2 is 2.00 bits per heavy atom. The van der Waals surface area contributed by atoms with Crippen LogP contribution in [-0.4, -0.2) is 23.5 Å². The van der Waals surface area contributed by atoms with Gasteiger partial charge in [-0.1, -0.05) is 25.0 Å². The van der Waals surface area contributed by atoms with Crippen LogP contribution in [0, 0.1) is 5.82 Å². The lowest BCUT2D eigenvalue weighted by Crippen LogP contribution is -2.49. The summed E-state index contributed by atoms with van der Waals surface area (Å²) < 4.78 is 13.4. The van der Waals surface area contributed by atoms with E-state index in [0.717, 1.165) is 37.7 Å². The number of aliphatic carboxylic acids is 1. The second-order valence-electron chi connectivity index (χ2n) is 5.91. The van der Waals surface area contributed by atoms with Crippen molar-refractivity contribution in [3.8, 4) is 0 Å². The minimum atomic E-state index is -0.788. The van der Waals surface area contributed by atoms with Crippen LogP contribution in [0.4, 0.5) is 4.39 Å². The van der Waals surface area contributed by atoms with Gasteiger partial charge in [-0.05, 0) is 43.4 Å². The minimum absolute atomic E-state index is 0.0393. The highest BCUT2D eigenvalue weighted by Gasteiger charge is 2.45. The van der Waals surface area contributed by atoms with Gasteiger partial charge >= 0.3 is 5.97 Å². The van der Waals surface area contributed by atoms with Crippen LogP contribution >= 0.6 is 0 Å². The summed E-state index contributed by atoms with van der Waals surface area (Å²) in [6.45, 7) is 0.537. The molecule has 1 aromatic carbocycles. The van der Waals surface area contributed by atoms with E-state index in [4.69, 9.17) is 5.11 Å². The molecule has 0 unspecified atom stereocenters. The zero-order valence-corrected chi connectivity index (χ0v) is 12.6. The van der Waals surface area contributed by atoms with Crippen molar-refractivity contribution in [2.45, 2.75) is 50.4 Å². The molecule has 22 heavy (non-hydrogen) atoms. The van der Waals surface area contributed by atoms with Crippen molar-refractivity contribution in [1.82, 2.24) is 5.32 Å². The second-order valence-corrected chi connectivity index (χ2v) is 5.91. The second kappa shape index (κ2) is 7.38. The highest BCUT2D eigenvalue weighted by Crippen LogP contribution is 2.44. The van der Waals surface area contributed by atoms with Crippen LogP contribution in [0.3, 0.4) is 0 Å². The Bertz CT molecular complexity index is 540. The smallest absolute Gasteiger partial charge is 0.303 e. The number of hydrogen-bond acceptors (Lipinski definition) is 2. The summed E-state index contributed by atoms with van der Waals surface area (Å²) in [5.41, 5.74) is 0.172.